The third kappa shape index (κ3) is 6.64. The van der Waals surface area contributed by atoms with E-state index in [0.29, 0.717) is 18.0 Å². The van der Waals surface area contributed by atoms with Crippen molar-refractivity contribution >= 4 is 27.3 Å². The van der Waals surface area contributed by atoms with Crippen molar-refractivity contribution in [1.29, 1.82) is 0 Å². The Morgan fingerprint density at radius 2 is 1.61 bits per heavy atom. The molecule has 0 aromatic heterocycles. The number of rotatable bonds is 10. The maximum atomic E-state index is 13.5. The normalized spacial score (nSPS) is 14.6. The molecule has 38 heavy (non-hydrogen) atoms. The van der Waals surface area contributed by atoms with Crippen LogP contribution in [0.5, 0.6) is 5.75 Å². The van der Waals surface area contributed by atoms with Gasteiger partial charge in [0.15, 0.2) is 0 Å². The fraction of sp³-hybridized carbons (Fsp3) is 0.345. The minimum Gasteiger partial charge on any atom is -0.494 e. The van der Waals surface area contributed by atoms with Gasteiger partial charge in [-0.3, -0.25) is 9.10 Å². The Balaban J connectivity index is 1.51. The van der Waals surface area contributed by atoms with Crippen LogP contribution in [-0.2, 0) is 14.8 Å². The average molecular weight is 540 g/mol. The first-order valence-corrected chi connectivity index (χ1v) is 14.4. The van der Waals surface area contributed by atoms with Crippen molar-refractivity contribution in [2.45, 2.75) is 44.0 Å². The summed E-state index contributed by atoms with van der Waals surface area (Å²) in [6, 6.07) is 18.8. The van der Waals surface area contributed by atoms with Crippen molar-refractivity contribution in [3.8, 4) is 5.75 Å². The lowest BCUT2D eigenvalue weighted by molar-refractivity contribution is -0.120. The van der Waals surface area contributed by atoms with E-state index < -0.39 is 28.3 Å². The Morgan fingerprint density at radius 3 is 2.21 bits per heavy atom. The van der Waals surface area contributed by atoms with Crippen LogP contribution in [0.3, 0.4) is 0 Å². The van der Waals surface area contributed by atoms with Crippen LogP contribution in [0.4, 0.5) is 15.8 Å². The number of carbonyl (C=O) groups excluding carboxylic acids is 1. The minimum atomic E-state index is -4.15. The molecule has 0 saturated carbocycles. The molecule has 7 nitrogen and oxygen atoms in total. The number of anilines is 2. The van der Waals surface area contributed by atoms with Crippen molar-refractivity contribution < 1.29 is 22.3 Å². The molecular formula is C29H34FN3O4S. The summed E-state index contributed by atoms with van der Waals surface area (Å²) >= 11 is 0. The summed E-state index contributed by atoms with van der Waals surface area (Å²) in [6.45, 7) is 5.85. The van der Waals surface area contributed by atoms with Gasteiger partial charge >= 0.3 is 0 Å². The number of halogens is 1. The molecule has 4 rings (SSSR count). The number of sulfonamides is 1. The first kappa shape index (κ1) is 27.4. The molecule has 1 amide bonds. The van der Waals surface area contributed by atoms with Crippen LogP contribution < -0.4 is 19.3 Å². The first-order chi connectivity index (χ1) is 18.3. The van der Waals surface area contributed by atoms with Crippen molar-refractivity contribution in [1.82, 2.24) is 5.32 Å². The maximum absolute atomic E-state index is 13.5. The third-order valence-corrected chi connectivity index (χ3v) is 8.40. The zero-order valence-corrected chi connectivity index (χ0v) is 22.6. The van der Waals surface area contributed by atoms with Gasteiger partial charge in [0.2, 0.25) is 5.91 Å². The second-order valence-corrected chi connectivity index (χ2v) is 11.2. The second-order valence-electron chi connectivity index (χ2n) is 9.32. The monoisotopic (exact) mass is 539 g/mol. The van der Waals surface area contributed by atoms with Crippen LogP contribution in [0, 0.1) is 5.82 Å². The molecule has 1 aliphatic rings. The van der Waals surface area contributed by atoms with E-state index in [0.717, 1.165) is 35.1 Å². The zero-order valence-electron chi connectivity index (χ0n) is 21.8. The molecule has 3 aromatic carbocycles. The van der Waals surface area contributed by atoms with E-state index >= 15 is 0 Å². The van der Waals surface area contributed by atoms with Crippen molar-refractivity contribution in [3.05, 3.63) is 84.2 Å². The Bertz CT molecular complexity index is 1310. The summed E-state index contributed by atoms with van der Waals surface area (Å²) in [6.07, 6.45) is 3.65. The highest BCUT2D eigenvalue weighted by molar-refractivity contribution is 7.92. The van der Waals surface area contributed by atoms with Gasteiger partial charge in [0.1, 0.15) is 18.1 Å². The largest absolute Gasteiger partial charge is 0.494 e. The number of nitrogens with one attached hydrogen (secondary N) is 1. The average Bonchev–Trinajstić information content (AvgIpc) is 2.93. The number of piperidine rings is 1. The van der Waals surface area contributed by atoms with Crippen molar-refractivity contribution in [2.75, 3.05) is 35.4 Å². The standard InChI is InChI=1S/C29H34FN3O4S/c1-3-37-27-15-13-26(14-16-27)33(38(35,36)28-17-9-24(30)10-18-28)21-29(34)31-22(2)23-7-11-25(12-8-23)32-19-5-4-6-20-32/h7-18,22H,3-6,19-21H2,1-2H3,(H,31,34). The van der Waals surface area contributed by atoms with E-state index in [4.69, 9.17) is 4.74 Å². The first-order valence-electron chi connectivity index (χ1n) is 12.9. The lowest BCUT2D eigenvalue weighted by Crippen LogP contribution is -2.41. The summed E-state index contributed by atoms with van der Waals surface area (Å²) in [5, 5.41) is 2.92. The molecule has 9 heteroatoms. The predicted molar refractivity (Wildman–Crippen MR) is 148 cm³/mol. The topological polar surface area (TPSA) is 79.0 Å². The molecule has 1 saturated heterocycles. The van der Waals surface area contributed by atoms with E-state index in [2.05, 4.69) is 22.3 Å². The second kappa shape index (κ2) is 12.3. The molecule has 0 bridgehead atoms. The van der Waals surface area contributed by atoms with Crippen LogP contribution in [-0.4, -0.2) is 40.6 Å². The van der Waals surface area contributed by atoms with Gasteiger partial charge in [-0.05, 0) is 99.3 Å². The fourth-order valence-corrected chi connectivity index (χ4v) is 5.97. The van der Waals surface area contributed by atoms with Gasteiger partial charge in [-0.2, -0.15) is 0 Å². The lowest BCUT2D eigenvalue weighted by Gasteiger charge is -2.29. The quantitative estimate of drug-likeness (QED) is 0.379. The third-order valence-electron chi connectivity index (χ3n) is 6.62. The lowest BCUT2D eigenvalue weighted by atomic mass is 10.1. The van der Waals surface area contributed by atoms with Crippen LogP contribution >= 0.6 is 0 Å². The number of benzene rings is 3. The molecule has 0 aliphatic carbocycles. The number of amides is 1. The number of nitrogens with zero attached hydrogens (tertiary/aromatic N) is 2. The molecule has 1 aliphatic heterocycles. The Labute approximate surface area is 224 Å². The Kier molecular flexibility index (Phi) is 8.89. The van der Waals surface area contributed by atoms with E-state index in [1.807, 2.05) is 26.0 Å². The highest BCUT2D eigenvalue weighted by Crippen LogP contribution is 2.27. The van der Waals surface area contributed by atoms with Crippen LogP contribution in [0.15, 0.2) is 77.7 Å². The van der Waals surface area contributed by atoms with E-state index in [9.17, 15) is 17.6 Å². The summed E-state index contributed by atoms with van der Waals surface area (Å²) in [5.74, 6) is -0.423. The van der Waals surface area contributed by atoms with Crippen molar-refractivity contribution in [3.63, 3.8) is 0 Å². The summed E-state index contributed by atoms with van der Waals surface area (Å²) in [5.41, 5.74) is 2.39. The smallest absolute Gasteiger partial charge is 0.264 e. The van der Waals surface area contributed by atoms with Crippen molar-refractivity contribution in [2.24, 2.45) is 0 Å². The summed E-state index contributed by atoms with van der Waals surface area (Å²) in [7, 11) is -4.15. The summed E-state index contributed by atoms with van der Waals surface area (Å²) in [4.78, 5) is 15.4. The molecular weight excluding hydrogens is 505 g/mol. The van der Waals surface area contributed by atoms with E-state index in [-0.39, 0.29) is 10.9 Å². The molecule has 1 N–H and O–H groups in total. The van der Waals surface area contributed by atoms with Gasteiger partial charge in [-0.15, -0.1) is 0 Å². The predicted octanol–water partition coefficient (Wildman–Crippen LogP) is 5.29. The Hall–Kier alpha value is -3.59. The fourth-order valence-electron chi connectivity index (χ4n) is 4.55. The van der Waals surface area contributed by atoms with Crippen LogP contribution in [0.25, 0.3) is 0 Å². The van der Waals surface area contributed by atoms with Gasteiger partial charge in [-0.1, -0.05) is 12.1 Å². The number of hydrogen-bond acceptors (Lipinski definition) is 5. The number of ether oxygens (including phenoxy) is 1. The molecule has 1 unspecified atom stereocenters. The SMILES string of the molecule is CCOc1ccc(N(CC(=O)NC(C)c2ccc(N3CCCCC3)cc2)S(=O)(=O)c2ccc(F)cc2)cc1. The highest BCUT2D eigenvalue weighted by Gasteiger charge is 2.28. The molecule has 1 fully saturated rings. The van der Waals surface area contributed by atoms with Crippen LogP contribution in [0.2, 0.25) is 0 Å². The Morgan fingerprint density at radius 1 is 0.974 bits per heavy atom. The van der Waals surface area contributed by atoms with E-state index in [1.165, 1.54) is 37.1 Å². The van der Waals surface area contributed by atoms with Gasteiger partial charge in [0, 0.05) is 18.8 Å². The molecule has 3 aromatic rings. The summed E-state index contributed by atoms with van der Waals surface area (Å²) < 4.78 is 47.0. The molecule has 1 heterocycles. The number of carbonyl (C=O) groups is 1. The molecule has 1 atom stereocenters. The molecule has 0 spiro atoms. The number of hydrogen-bond donors (Lipinski definition) is 1. The van der Waals surface area contributed by atoms with Crippen LogP contribution in [0.1, 0.15) is 44.7 Å². The van der Waals surface area contributed by atoms with Gasteiger partial charge in [0.25, 0.3) is 10.0 Å². The molecule has 0 radical (unpaired) electrons. The minimum absolute atomic E-state index is 0.109. The highest BCUT2D eigenvalue weighted by atomic mass is 32.2. The van der Waals surface area contributed by atoms with Gasteiger partial charge < -0.3 is 15.0 Å². The zero-order chi connectivity index (χ0) is 27.1. The van der Waals surface area contributed by atoms with Gasteiger partial charge in [0.05, 0.1) is 23.2 Å². The van der Waals surface area contributed by atoms with E-state index in [1.54, 1.807) is 24.3 Å². The molecule has 202 valence electrons. The van der Waals surface area contributed by atoms with Gasteiger partial charge in [-0.25, -0.2) is 12.8 Å². The maximum Gasteiger partial charge on any atom is 0.264 e.